The Bertz CT molecular complexity index is 765. The summed E-state index contributed by atoms with van der Waals surface area (Å²) in [5, 5.41) is 11.7. The first kappa shape index (κ1) is 19.0. The van der Waals surface area contributed by atoms with E-state index in [1.54, 1.807) is 12.1 Å². The predicted octanol–water partition coefficient (Wildman–Crippen LogP) is 3.32. The van der Waals surface area contributed by atoms with Gasteiger partial charge in [-0.3, -0.25) is 4.79 Å². The number of carboxylic acid groups (broad SMARTS) is 1. The number of ether oxygens (including phenoxy) is 1. The SMILES string of the molecule is O=C(O)COc1ccc(CCNC(=O)C2(c3ccccc3)CCCC2)cc1. The Labute approximate surface area is 159 Å². The highest BCUT2D eigenvalue weighted by Gasteiger charge is 2.42. The number of carbonyl (C=O) groups excluding carboxylic acids is 1. The maximum Gasteiger partial charge on any atom is 0.341 e. The molecule has 1 aliphatic rings. The van der Waals surface area contributed by atoms with E-state index in [-0.39, 0.29) is 12.5 Å². The molecule has 0 aliphatic heterocycles. The minimum atomic E-state index is -0.999. The van der Waals surface area contributed by atoms with Gasteiger partial charge in [-0.05, 0) is 42.5 Å². The maximum absolute atomic E-state index is 13.0. The third-order valence-electron chi connectivity index (χ3n) is 5.20. The van der Waals surface area contributed by atoms with Crippen LogP contribution in [0.5, 0.6) is 5.75 Å². The van der Waals surface area contributed by atoms with Crippen molar-refractivity contribution >= 4 is 11.9 Å². The molecule has 142 valence electrons. The summed E-state index contributed by atoms with van der Waals surface area (Å²) >= 11 is 0. The second-order valence-corrected chi connectivity index (χ2v) is 6.99. The average Bonchev–Trinajstić information content (AvgIpc) is 3.19. The molecule has 2 N–H and O–H groups in total. The van der Waals surface area contributed by atoms with Crippen LogP contribution >= 0.6 is 0 Å². The van der Waals surface area contributed by atoms with Crippen molar-refractivity contribution in [1.82, 2.24) is 5.32 Å². The van der Waals surface area contributed by atoms with Crippen LogP contribution in [0.15, 0.2) is 54.6 Å². The molecule has 0 spiro atoms. The zero-order valence-corrected chi connectivity index (χ0v) is 15.3. The van der Waals surface area contributed by atoms with E-state index >= 15 is 0 Å². The lowest BCUT2D eigenvalue weighted by molar-refractivity contribution is -0.139. The number of rotatable bonds is 8. The summed E-state index contributed by atoms with van der Waals surface area (Å²) in [7, 11) is 0. The molecular formula is C22H25NO4. The maximum atomic E-state index is 13.0. The Balaban J connectivity index is 1.55. The topological polar surface area (TPSA) is 75.6 Å². The van der Waals surface area contributed by atoms with E-state index in [0.29, 0.717) is 12.3 Å². The molecule has 1 aliphatic carbocycles. The summed E-state index contributed by atoms with van der Waals surface area (Å²) in [6, 6.07) is 17.4. The molecule has 0 atom stereocenters. The fourth-order valence-electron chi connectivity index (χ4n) is 3.77. The quantitative estimate of drug-likeness (QED) is 0.750. The van der Waals surface area contributed by atoms with Crippen LogP contribution in [0.1, 0.15) is 36.8 Å². The molecule has 1 saturated carbocycles. The Morgan fingerprint density at radius 2 is 1.67 bits per heavy atom. The molecule has 27 heavy (non-hydrogen) atoms. The first-order valence-corrected chi connectivity index (χ1v) is 9.37. The number of hydrogen-bond acceptors (Lipinski definition) is 3. The van der Waals surface area contributed by atoms with Crippen molar-refractivity contribution in [2.75, 3.05) is 13.2 Å². The lowest BCUT2D eigenvalue weighted by atomic mass is 9.78. The number of carboxylic acids is 1. The average molecular weight is 367 g/mol. The van der Waals surface area contributed by atoms with E-state index in [9.17, 15) is 9.59 Å². The first-order chi connectivity index (χ1) is 13.1. The van der Waals surface area contributed by atoms with Crippen molar-refractivity contribution < 1.29 is 19.4 Å². The van der Waals surface area contributed by atoms with Gasteiger partial charge in [0, 0.05) is 6.54 Å². The summed E-state index contributed by atoms with van der Waals surface area (Å²) in [5.41, 5.74) is 1.79. The third-order valence-corrected chi connectivity index (χ3v) is 5.20. The van der Waals surface area contributed by atoms with Gasteiger partial charge in [-0.25, -0.2) is 4.79 Å². The van der Waals surface area contributed by atoms with E-state index < -0.39 is 11.4 Å². The summed E-state index contributed by atoms with van der Waals surface area (Å²) in [6.07, 6.45) is 4.69. The normalized spacial score (nSPS) is 15.3. The fourth-order valence-corrected chi connectivity index (χ4v) is 3.77. The Hall–Kier alpha value is -2.82. The van der Waals surface area contributed by atoms with E-state index in [4.69, 9.17) is 9.84 Å². The zero-order chi connectivity index (χ0) is 19.1. The van der Waals surface area contributed by atoms with E-state index in [2.05, 4.69) is 17.4 Å². The molecule has 0 heterocycles. The highest BCUT2D eigenvalue weighted by molar-refractivity contribution is 5.88. The van der Waals surface area contributed by atoms with Crippen LogP contribution in [0.3, 0.4) is 0 Å². The lowest BCUT2D eigenvalue weighted by Gasteiger charge is -2.28. The van der Waals surface area contributed by atoms with Crippen LogP contribution < -0.4 is 10.1 Å². The minimum absolute atomic E-state index is 0.118. The summed E-state index contributed by atoms with van der Waals surface area (Å²) in [5.74, 6) is -0.354. The van der Waals surface area contributed by atoms with Gasteiger partial charge in [0.15, 0.2) is 6.61 Å². The molecule has 0 aromatic heterocycles. The molecule has 2 aromatic carbocycles. The van der Waals surface area contributed by atoms with Gasteiger partial charge in [-0.15, -0.1) is 0 Å². The van der Waals surface area contributed by atoms with Crippen molar-refractivity contribution in [2.24, 2.45) is 0 Å². The van der Waals surface area contributed by atoms with Gasteiger partial charge in [-0.2, -0.15) is 0 Å². The Kier molecular flexibility index (Phi) is 6.12. The highest BCUT2D eigenvalue weighted by atomic mass is 16.5. The van der Waals surface area contributed by atoms with Gasteiger partial charge in [0.2, 0.25) is 5.91 Å². The number of carbonyl (C=O) groups is 2. The fraction of sp³-hybridized carbons (Fsp3) is 0.364. The molecule has 5 heteroatoms. The Morgan fingerprint density at radius 1 is 1.00 bits per heavy atom. The predicted molar refractivity (Wildman–Crippen MR) is 103 cm³/mol. The molecule has 1 amide bonds. The Morgan fingerprint density at radius 3 is 2.30 bits per heavy atom. The molecule has 5 nitrogen and oxygen atoms in total. The van der Waals surface area contributed by atoms with E-state index in [0.717, 1.165) is 43.2 Å². The lowest BCUT2D eigenvalue weighted by Crippen LogP contribution is -2.43. The van der Waals surface area contributed by atoms with Gasteiger partial charge < -0.3 is 15.2 Å². The summed E-state index contributed by atoms with van der Waals surface area (Å²) in [6.45, 7) is 0.222. The monoisotopic (exact) mass is 367 g/mol. The first-order valence-electron chi connectivity index (χ1n) is 9.37. The van der Waals surface area contributed by atoms with E-state index in [1.807, 2.05) is 30.3 Å². The van der Waals surface area contributed by atoms with Crippen molar-refractivity contribution in [3.8, 4) is 5.75 Å². The van der Waals surface area contributed by atoms with Crippen LogP contribution in [0.4, 0.5) is 0 Å². The largest absolute Gasteiger partial charge is 0.482 e. The zero-order valence-electron chi connectivity index (χ0n) is 15.3. The molecule has 3 rings (SSSR count). The van der Waals surface area contributed by atoms with Gasteiger partial charge in [0.25, 0.3) is 0 Å². The van der Waals surface area contributed by atoms with Crippen molar-refractivity contribution in [2.45, 2.75) is 37.5 Å². The second kappa shape index (κ2) is 8.71. The number of aliphatic carboxylic acids is 1. The standard InChI is InChI=1S/C22H25NO4/c24-20(25)16-27-19-10-8-17(9-11-19)12-15-23-21(26)22(13-4-5-14-22)18-6-2-1-3-7-18/h1-3,6-11H,4-5,12-16H2,(H,23,26)(H,24,25). The summed E-state index contributed by atoms with van der Waals surface area (Å²) in [4.78, 5) is 23.5. The number of hydrogen-bond donors (Lipinski definition) is 2. The molecule has 1 fully saturated rings. The van der Waals surface area contributed by atoms with Gasteiger partial charge in [-0.1, -0.05) is 55.3 Å². The molecular weight excluding hydrogens is 342 g/mol. The van der Waals surface area contributed by atoms with Gasteiger partial charge >= 0.3 is 5.97 Å². The van der Waals surface area contributed by atoms with Crippen LogP contribution in [0.2, 0.25) is 0 Å². The molecule has 0 saturated heterocycles. The molecule has 2 aromatic rings. The van der Waals surface area contributed by atoms with Crippen LogP contribution in [0.25, 0.3) is 0 Å². The van der Waals surface area contributed by atoms with Crippen molar-refractivity contribution in [3.05, 3.63) is 65.7 Å². The van der Waals surface area contributed by atoms with Gasteiger partial charge in [0.05, 0.1) is 5.41 Å². The van der Waals surface area contributed by atoms with Crippen LogP contribution in [-0.4, -0.2) is 30.1 Å². The van der Waals surface area contributed by atoms with E-state index in [1.165, 1.54) is 0 Å². The number of amides is 1. The third kappa shape index (κ3) is 4.67. The van der Waals surface area contributed by atoms with Gasteiger partial charge in [0.1, 0.15) is 5.75 Å². The molecule has 0 unspecified atom stereocenters. The van der Waals surface area contributed by atoms with Crippen molar-refractivity contribution in [3.63, 3.8) is 0 Å². The second-order valence-electron chi connectivity index (χ2n) is 6.99. The molecule has 0 radical (unpaired) electrons. The highest BCUT2D eigenvalue weighted by Crippen LogP contribution is 2.41. The number of nitrogens with one attached hydrogen (secondary N) is 1. The van der Waals surface area contributed by atoms with Crippen LogP contribution in [-0.2, 0) is 21.4 Å². The smallest absolute Gasteiger partial charge is 0.341 e. The summed E-state index contributed by atoms with van der Waals surface area (Å²) < 4.78 is 5.13. The van der Waals surface area contributed by atoms with Crippen LogP contribution in [0, 0.1) is 0 Å². The minimum Gasteiger partial charge on any atom is -0.482 e. The number of benzene rings is 2. The van der Waals surface area contributed by atoms with Crippen molar-refractivity contribution in [1.29, 1.82) is 0 Å². The molecule has 0 bridgehead atoms.